The Labute approximate surface area is 125 Å². The first kappa shape index (κ1) is 14.9. The van der Waals surface area contributed by atoms with Gasteiger partial charge < -0.3 is 10.2 Å². The van der Waals surface area contributed by atoms with Crippen LogP contribution in [0.5, 0.6) is 0 Å². The highest BCUT2D eigenvalue weighted by atomic mass is 79.9. The lowest BCUT2D eigenvalue weighted by Crippen LogP contribution is -2.39. The van der Waals surface area contributed by atoms with Gasteiger partial charge in [0.05, 0.1) is 0 Å². The first-order chi connectivity index (χ1) is 9.22. The van der Waals surface area contributed by atoms with Gasteiger partial charge in [0, 0.05) is 29.3 Å². The number of likely N-dealkylation sites (tertiary alicyclic amines) is 1. The minimum atomic E-state index is 0.639. The molecular weight excluding hydrogens is 300 g/mol. The number of nitrogens with one attached hydrogen (secondary N) is 1. The van der Waals surface area contributed by atoms with Crippen molar-refractivity contribution in [3.63, 3.8) is 0 Å². The van der Waals surface area contributed by atoms with Gasteiger partial charge in [0.1, 0.15) is 0 Å². The molecule has 0 bridgehead atoms. The Morgan fingerprint density at radius 2 is 2.00 bits per heavy atom. The molecule has 0 aromatic heterocycles. The third-order valence-electron chi connectivity index (χ3n) is 3.94. The number of aryl methyl sites for hydroxylation is 1. The molecule has 1 heterocycles. The number of hydrogen-bond acceptors (Lipinski definition) is 2. The second kappa shape index (κ2) is 7.30. The van der Waals surface area contributed by atoms with Crippen LogP contribution in [0.15, 0.2) is 22.7 Å². The van der Waals surface area contributed by atoms with E-state index in [4.69, 9.17) is 0 Å². The predicted octanol–water partition coefficient (Wildman–Crippen LogP) is 4.30. The van der Waals surface area contributed by atoms with E-state index >= 15 is 0 Å². The molecule has 1 aromatic carbocycles. The maximum atomic E-state index is 3.74. The van der Waals surface area contributed by atoms with E-state index in [9.17, 15) is 0 Å². The summed E-state index contributed by atoms with van der Waals surface area (Å²) in [6, 6.07) is 7.21. The van der Waals surface area contributed by atoms with Crippen LogP contribution in [0.2, 0.25) is 0 Å². The molecule has 1 fully saturated rings. The quantitative estimate of drug-likeness (QED) is 0.868. The fourth-order valence-corrected chi connectivity index (χ4v) is 3.24. The number of hydrogen-bond donors (Lipinski definition) is 1. The lowest BCUT2D eigenvalue weighted by molar-refractivity contribution is 0.219. The van der Waals surface area contributed by atoms with Gasteiger partial charge in [0.15, 0.2) is 0 Å². The van der Waals surface area contributed by atoms with Crippen LogP contribution in [0.1, 0.15) is 38.7 Å². The summed E-state index contributed by atoms with van der Waals surface area (Å²) in [5, 5.41) is 3.74. The molecule has 0 aliphatic carbocycles. The van der Waals surface area contributed by atoms with Crippen molar-refractivity contribution in [2.75, 3.05) is 25.0 Å². The number of nitrogens with zero attached hydrogens (tertiary/aromatic N) is 1. The number of benzene rings is 1. The Morgan fingerprint density at radius 1 is 1.26 bits per heavy atom. The molecule has 106 valence electrons. The van der Waals surface area contributed by atoms with Gasteiger partial charge in [-0.1, -0.05) is 29.8 Å². The molecule has 2 nitrogen and oxygen atoms in total. The summed E-state index contributed by atoms with van der Waals surface area (Å²) >= 11 is 3.55. The van der Waals surface area contributed by atoms with Gasteiger partial charge in [-0.15, -0.1) is 0 Å². The molecule has 3 heteroatoms. The number of rotatable bonds is 5. The van der Waals surface area contributed by atoms with Gasteiger partial charge in [-0.05, 0) is 56.0 Å². The van der Waals surface area contributed by atoms with E-state index in [-0.39, 0.29) is 0 Å². The number of anilines is 1. The Kier molecular flexibility index (Phi) is 5.71. The van der Waals surface area contributed by atoms with E-state index in [2.05, 4.69) is 58.2 Å². The van der Waals surface area contributed by atoms with E-state index in [0.717, 1.165) is 6.42 Å². The Morgan fingerprint density at radius 3 is 2.63 bits per heavy atom. The average Bonchev–Trinajstić information content (AvgIpc) is 2.43. The van der Waals surface area contributed by atoms with E-state index in [1.165, 1.54) is 54.6 Å². The van der Waals surface area contributed by atoms with E-state index in [1.54, 1.807) is 0 Å². The largest absolute Gasteiger partial charge is 0.382 e. The van der Waals surface area contributed by atoms with Gasteiger partial charge in [0.25, 0.3) is 0 Å². The molecule has 19 heavy (non-hydrogen) atoms. The average molecular weight is 325 g/mol. The maximum Gasteiger partial charge on any atom is 0.0375 e. The first-order valence-electron chi connectivity index (χ1n) is 7.50. The van der Waals surface area contributed by atoms with Crippen molar-refractivity contribution in [3.8, 4) is 0 Å². The number of piperidine rings is 1. The number of halogens is 1. The van der Waals surface area contributed by atoms with Gasteiger partial charge in [0.2, 0.25) is 0 Å². The minimum Gasteiger partial charge on any atom is -0.382 e. The van der Waals surface area contributed by atoms with Crippen LogP contribution in [0.4, 0.5) is 5.69 Å². The van der Waals surface area contributed by atoms with Crippen LogP contribution in [0.25, 0.3) is 0 Å². The fraction of sp³-hybridized carbons (Fsp3) is 0.625. The topological polar surface area (TPSA) is 15.3 Å². The van der Waals surface area contributed by atoms with E-state index in [1.807, 2.05) is 0 Å². The Bertz CT molecular complexity index is 398. The van der Waals surface area contributed by atoms with Crippen LogP contribution in [-0.4, -0.2) is 30.6 Å². The third kappa shape index (κ3) is 4.22. The lowest BCUT2D eigenvalue weighted by atomic mass is 10.0. The van der Waals surface area contributed by atoms with Crippen molar-refractivity contribution in [1.82, 2.24) is 4.90 Å². The molecule has 2 rings (SSSR count). The smallest absolute Gasteiger partial charge is 0.0375 e. The summed E-state index contributed by atoms with van der Waals surface area (Å²) in [5.41, 5.74) is 2.73. The minimum absolute atomic E-state index is 0.639. The molecule has 1 aromatic rings. The molecule has 0 saturated carbocycles. The second-order valence-corrected chi connectivity index (χ2v) is 6.33. The van der Waals surface area contributed by atoms with Crippen molar-refractivity contribution in [1.29, 1.82) is 0 Å². The highest BCUT2D eigenvalue weighted by Gasteiger charge is 2.18. The zero-order chi connectivity index (χ0) is 13.7. The van der Waals surface area contributed by atoms with Crippen molar-refractivity contribution in [2.24, 2.45) is 0 Å². The molecule has 1 aliphatic rings. The van der Waals surface area contributed by atoms with Crippen LogP contribution in [0.3, 0.4) is 0 Å². The summed E-state index contributed by atoms with van der Waals surface area (Å²) in [5.74, 6) is 0. The monoisotopic (exact) mass is 324 g/mol. The van der Waals surface area contributed by atoms with Gasteiger partial charge in [-0.25, -0.2) is 0 Å². The molecule has 1 aliphatic heterocycles. The van der Waals surface area contributed by atoms with Gasteiger partial charge >= 0.3 is 0 Å². The molecule has 0 atom stereocenters. The third-order valence-corrected chi connectivity index (χ3v) is 4.43. The Balaban J connectivity index is 1.92. The lowest BCUT2D eigenvalue weighted by Gasteiger charge is -2.33. The van der Waals surface area contributed by atoms with E-state index < -0.39 is 0 Å². The van der Waals surface area contributed by atoms with Crippen molar-refractivity contribution in [3.05, 3.63) is 28.2 Å². The molecule has 1 N–H and O–H groups in total. The summed E-state index contributed by atoms with van der Waals surface area (Å²) in [7, 11) is 0. The summed E-state index contributed by atoms with van der Waals surface area (Å²) in [4.78, 5) is 2.58. The second-order valence-electron chi connectivity index (χ2n) is 5.42. The molecule has 0 amide bonds. The van der Waals surface area contributed by atoms with Crippen molar-refractivity contribution in [2.45, 2.75) is 45.6 Å². The highest BCUT2D eigenvalue weighted by molar-refractivity contribution is 9.10. The molecule has 0 spiro atoms. The van der Waals surface area contributed by atoms with Crippen molar-refractivity contribution < 1.29 is 0 Å². The van der Waals surface area contributed by atoms with Crippen LogP contribution in [0, 0.1) is 0 Å². The summed E-state index contributed by atoms with van der Waals surface area (Å²) in [6.07, 6.45) is 4.87. The Hall–Kier alpha value is -0.540. The molecule has 0 radical (unpaired) electrons. The van der Waals surface area contributed by atoms with Crippen LogP contribution < -0.4 is 5.32 Å². The van der Waals surface area contributed by atoms with Gasteiger partial charge in [-0.3, -0.25) is 0 Å². The normalized spacial score (nSPS) is 17.6. The van der Waals surface area contributed by atoms with E-state index in [0.29, 0.717) is 6.04 Å². The van der Waals surface area contributed by atoms with Crippen molar-refractivity contribution >= 4 is 21.6 Å². The zero-order valence-corrected chi connectivity index (χ0v) is 13.7. The van der Waals surface area contributed by atoms with Crippen LogP contribution >= 0.6 is 15.9 Å². The van der Waals surface area contributed by atoms with Crippen LogP contribution in [-0.2, 0) is 6.42 Å². The summed E-state index contributed by atoms with van der Waals surface area (Å²) < 4.78 is 1.17. The highest BCUT2D eigenvalue weighted by Crippen LogP contribution is 2.24. The standard InChI is InChI=1S/C16H25BrN2/c1-3-9-19-10-7-15(8-11-19)18-16-6-5-14(17)12-13(16)4-2/h5-6,12,15,18H,3-4,7-11H2,1-2H3. The maximum absolute atomic E-state index is 3.74. The fourth-order valence-electron chi connectivity index (χ4n) is 2.83. The summed E-state index contributed by atoms with van der Waals surface area (Å²) in [6.45, 7) is 8.22. The SMILES string of the molecule is CCCN1CCC(Nc2ccc(Br)cc2CC)CC1. The predicted molar refractivity (Wildman–Crippen MR) is 86.9 cm³/mol. The first-order valence-corrected chi connectivity index (χ1v) is 8.29. The zero-order valence-electron chi connectivity index (χ0n) is 12.1. The molecule has 1 saturated heterocycles. The van der Waals surface area contributed by atoms with Gasteiger partial charge in [-0.2, -0.15) is 0 Å². The molecule has 0 unspecified atom stereocenters. The molecular formula is C16H25BrN2.